The molecule has 0 unspecified atom stereocenters. The van der Waals surface area contributed by atoms with Gasteiger partial charge in [-0.15, -0.1) is 22.7 Å². The minimum absolute atomic E-state index is 0.0652. The monoisotopic (exact) mass is 260 g/mol. The third-order valence-electron chi connectivity index (χ3n) is 2.35. The Balaban J connectivity index is 1.90. The van der Waals surface area contributed by atoms with Crippen molar-refractivity contribution in [3.63, 3.8) is 0 Å². The predicted octanol–water partition coefficient (Wildman–Crippen LogP) is 3.18. The summed E-state index contributed by atoms with van der Waals surface area (Å²) in [5.41, 5.74) is 2.63. The summed E-state index contributed by atoms with van der Waals surface area (Å²) in [6.45, 7) is 0. The van der Waals surface area contributed by atoms with Gasteiger partial charge in [-0.2, -0.15) is 0 Å². The molecule has 0 aliphatic rings. The molecular formula is C12H8N2OS2. The standard InChI is InChI=1S/C12H8N2OS2/c15-10(5-8-6-13-7-16-8)12-14-9-3-1-2-4-11(9)17-12/h1-4,6-7H,5H2. The topological polar surface area (TPSA) is 42.9 Å². The van der Waals surface area contributed by atoms with Crippen molar-refractivity contribution >= 4 is 38.7 Å². The number of fused-ring (bicyclic) bond motifs is 1. The van der Waals surface area contributed by atoms with Crippen LogP contribution in [0.1, 0.15) is 14.7 Å². The number of benzene rings is 1. The number of ketones is 1. The van der Waals surface area contributed by atoms with Crippen molar-refractivity contribution in [2.75, 3.05) is 0 Å². The molecule has 0 amide bonds. The molecule has 0 saturated carbocycles. The molecule has 2 aromatic heterocycles. The van der Waals surface area contributed by atoms with Crippen LogP contribution in [-0.2, 0) is 6.42 Å². The van der Waals surface area contributed by atoms with E-state index < -0.39 is 0 Å². The molecule has 84 valence electrons. The summed E-state index contributed by atoms with van der Waals surface area (Å²) < 4.78 is 1.06. The average Bonchev–Trinajstić information content (AvgIpc) is 2.96. The Morgan fingerprint density at radius 2 is 2.18 bits per heavy atom. The van der Waals surface area contributed by atoms with E-state index in [0.717, 1.165) is 15.1 Å². The van der Waals surface area contributed by atoms with Gasteiger partial charge in [0.05, 0.1) is 15.7 Å². The largest absolute Gasteiger partial charge is 0.291 e. The zero-order chi connectivity index (χ0) is 11.7. The number of nitrogens with zero attached hydrogens (tertiary/aromatic N) is 2. The predicted molar refractivity (Wildman–Crippen MR) is 69.8 cm³/mol. The summed E-state index contributed by atoms with van der Waals surface area (Å²) >= 11 is 2.95. The van der Waals surface area contributed by atoms with Gasteiger partial charge in [-0.3, -0.25) is 9.78 Å². The Kier molecular flexibility index (Phi) is 2.70. The zero-order valence-corrected chi connectivity index (χ0v) is 10.4. The van der Waals surface area contributed by atoms with E-state index in [-0.39, 0.29) is 5.78 Å². The fraction of sp³-hybridized carbons (Fsp3) is 0.0833. The fourth-order valence-electron chi connectivity index (χ4n) is 1.55. The molecule has 0 atom stereocenters. The van der Waals surface area contributed by atoms with Crippen LogP contribution in [0.5, 0.6) is 0 Å². The molecule has 0 spiro atoms. The summed E-state index contributed by atoms with van der Waals surface area (Å²) in [6, 6.07) is 7.79. The number of thiazole rings is 2. The lowest BCUT2D eigenvalue weighted by Gasteiger charge is -1.91. The van der Waals surface area contributed by atoms with Crippen molar-refractivity contribution in [3.8, 4) is 0 Å². The van der Waals surface area contributed by atoms with E-state index in [2.05, 4.69) is 9.97 Å². The third-order valence-corrected chi connectivity index (χ3v) is 4.21. The van der Waals surface area contributed by atoms with Gasteiger partial charge in [-0.05, 0) is 12.1 Å². The van der Waals surface area contributed by atoms with E-state index in [1.807, 2.05) is 24.3 Å². The average molecular weight is 260 g/mol. The molecule has 0 fully saturated rings. The number of rotatable bonds is 3. The summed E-state index contributed by atoms with van der Waals surface area (Å²) in [4.78, 5) is 21.3. The molecule has 0 aliphatic heterocycles. The lowest BCUT2D eigenvalue weighted by molar-refractivity contribution is 0.0993. The van der Waals surface area contributed by atoms with Gasteiger partial charge >= 0.3 is 0 Å². The maximum absolute atomic E-state index is 12.0. The molecule has 3 aromatic rings. The highest BCUT2D eigenvalue weighted by molar-refractivity contribution is 7.20. The number of Topliss-reactive ketones (excluding diaryl/α,β-unsaturated/α-hetero) is 1. The summed E-state index contributed by atoms with van der Waals surface area (Å²) in [6.07, 6.45) is 2.13. The van der Waals surface area contributed by atoms with Crippen LogP contribution in [0.25, 0.3) is 10.2 Å². The van der Waals surface area contributed by atoms with Gasteiger partial charge in [0.25, 0.3) is 0 Å². The Bertz CT molecular complexity index is 625. The van der Waals surface area contributed by atoms with Crippen LogP contribution >= 0.6 is 22.7 Å². The number of aromatic nitrogens is 2. The van der Waals surface area contributed by atoms with Crippen molar-refractivity contribution in [1.82, 2.24) is 9.97 Å². The first kappa shape index (κ1) is 10.6. The molecule has 0 aliphatic carbocycles. The van der Waals surface area contributed by atoms with Gasteiger partial charge in [0.15, 0.2) is 10.8 Å². The molecular weight excluding hydrogens is 252 g/mol. The van der Waals surface area contributed by atoms with E-state index in [9.17, 15) is 4.79 Å². The molecule has 17 heavy (non-hydrogen) atoms. The van der Waals surface area contributed by atoms with Gasteiger partial charge in [0.2, 0.25) is 0 Å². The number of hydrogen-bond donors (Lipinski definition) is 0. The van der Waals surface area contributed by atoms with Crippen molar-refractivity contribution < 1.29 is 4.79 Å². The maximum atomic E-state index is 12.0. The Labute approximate surface area is 106 Å². The first-order valence-electron chi connectivity index (χ1n) is 5.09. The van der Waals surface area contributed by atoms with Crippen LogP contribution in [-0.4, -0.2) is 15.8 Å². The summed E-state index contributed by atoms with van der Waals surface area (Å²) in [5.74, 6) is 0.0652. The highest BCUT2D eigenvalue weighted by atomic mass is 32.1. The van der Waals surface area contributed by atoms with Crippen LogP contribution in [0.2, 0.25) is 0 Å². The van der Waals surface area contributed by atoms with Gasteiger partial charge in [-0.1, -0.05) is 12.1 Å². The van der Waals surface area contributed by atoms with Crippen molar-refractivity contribution in [2.24, 2.45) is 0 Å². The van der Waals surface area contributed by atoms with Gasteiger partial charge in [0, 0.05) is 17.5 Å². The van der Waals surface area contributed by atoms with E-state index >= 15 is 0 Å². The van der Waals surface area contributed by atoms with E-state index in [0.29, 0.717) is 11.4 Å². The second-order valence-corrected chi connectivity index (χ2v) is 5.56. The van der Waals surface area contributed by atoms with E-state index in [1.165, 1.54) is 22.7 Å². The van der Waals surface area contributed by atoms with E-state index in [1.54, 1.807) is 11.7 Å². The second kappa shape index (κ2) is 4.35. The molecule has 2 heterocycles. The fourth-order valence-corrected chi connectivity index (χ4v) is 3.05. The normalized spacial score (nSPS) is 10.8. The van der Waals surface area contributed by atoms with Gasteiger partial charge < -0.3 is 0 Å². The van der Waals surface area contributed by atoms with Crippen molar-refractivity contribution in [1.29, 1.82) is 0 Å². The highest BCUT2D eigenvalue weighted by Crippen LogP contribution is 2.23. The van der Waals surface area contributed by atoms with Gasteiger partial charge in [0.1, 0.15) is 0 Å². The maximum Gasteiger partial charge on any atom is 0.196 e. The van der Waals surface area contributed by atoms with Crippen LogP contribution in [0.4, 0.5) is 0 Å². The molecule has 1 aromatic carbocycles. The Morgan fingerprint density at radius 3 is 2.94 bits per heavy atom. The molecule has 0 radical (unpaired) electrons. The summed E-state index contributed by atoms with van der Waals surface area (Å²) in [5, 5.41) is 0.583. The number of carbonyl (C=O) groups is 1. The van der Waals surface area contributed by atoms with Crippen LogP contribution in [0.15, 0.2) is 36.0 Å². The zero-order valence-electron chi connectivity index (χ0n) is 8.79. The van der Waals surface area contributed by atoms with Crippen molar-refractivity contribution in [3.05, 3.63) is 45.9 Å². The SMILES string of the molecule is O=C(Cc1cncs1)c1nc2ccccc2s1. The highest BCUT2D eigenvalue weighted by Gasteiger charge is 2.13. The van der Waals surface area contributed by atoms with Crippen LogP contribution in [0, 0.1) is 0 Å². The molecule has 0 bridgehead atoms. The number of para-hydroxylation sites is 1. The minimum Gasteiger partial charge on any atom is -0.291 e. The smallest absolute Gasteiger partial charge is 0.196 e. The quantitative estimate of drug-likeness (QED) is 0.679. The first-order valence-corrected chi connectivity index (χ1v) is 6.79. The third kappa shape index (κ3) is 2.11. The Morgan fingerprint density at radius 1 is 1.29 bits per heavy atom. The van der Waals surface area contributed by atoms with Crippen LogP contribution in [0.3, 0.4) is 0 Å². The van der Waals surface area contributed by atoms with Crippen LogP contribution < -0.4 is 0 Å². The molecule has 0 saturated heterocycles. The second-order valence-electron chi connectivity index (χ2n) is 3.55. The lowest BCUT2D eigenvalue weighted by Crippen LogP contribution is -2.01. The van der Waals surface area contributed by atoms with Gasteiger partial charge in [-0.25, -0.2) is 4.98 Å². The summed E-state index contributed by atoms with van der Waals surface area (Å²) in [7, 11) is 0. The number of hydrogen-bond acceptors (Lipinski definition) is 5. The number of carbonyl (C=O) groups excluding carboxylic acids is 1. The van der Waals surface area contributed by atoms with Crippen molar-refractivity contribution in [2.45, 2.75) is 6.42 Å². The minimum atomic E-state index is 0.0652. The molecule has 3 rings (SSSR count). The molecule has 0 N–H and O–H groups in total. The Hall–Kier alpha value is -1.59. The lowest BCUT2D eigenvalue weighted by atomic mass is 10.2. The first-order chi connectivity index (χ1) is 8.33. The molecule has 5 heteroatoms. The molecule has 3 nitrogen and oxygen atoms in total. The van der Waals surface area contributed by atoms with E-state index in [4.69, 9.17) is 0 Å².